The van der Waals surface area contributed by atoms with Crippen molar-refractivity contribution in [2.45, 2.75) is 19.4 Å². The molecule has 4 rings (SSSR count). The lowest BCUT2D eigenvalue weighted by Crippen LogP contribution is -2.40. The highest BCUT2D eigenvalue weighted by Gasteiger charge is 2.26. The molecule has 0 unspecified atom stereocenters. The van der Waals surface area contributed by atoms with Crippen molar-refractivity contribution in [3.05, 3.63) is 54.0 Å². The minimum absolute atomic E-state index is 0.00712. The number of pyridine rings is 1. The molecule has 1 fully saturated rings. The zero-order valence-electron chi connectivity index (χ0n) is 14.2. The van der Waals surface area contributed by atoms with Crippen molar-refractivity contribution in [1.82, 2.24) is 15.3 Å². The fraction of sp³-hybridized carbons (Fsp3) is 0.316. The lowest BCUT2D eigenvalue weighted by Gasteiger charge is -2.31. The number of nitrogens with one attached hydrogen (secondary N) is 1. The zero-order valence-corrected chi connectivity index (χ0v) is 15.0. The van der Waals surface area contributed by atoms with Gasteiger partial charge in [-0.2, -0.15) is 0 Å². The van der Waals surface area contributed by atoms with Crippen LogP contribution in [0.3, 0.4) is 0 Å². The summed E-state index contributed by atoms with van der Waals surface area (Å²) >= 11 is 1.59. The molecule has 0 spiro atoms. The number of fused-ring (bicyclic) bond motifs is 1. The minimum atomic E-state index is -0.282. The summed E-state index contributed by atoms with van der Waals surface area (Å²) in [4.78, 5) is 24.5. The largest absolute Gasteiger partial charge is 0.352 e. The van der Waals surface area contributed by atoms with Crippen LogP contribution in [0.5, 0.6) is 0 Å². The van der Waals surface area contributed by atoms with Crippen molar-refractivity contribution in [3.63, 3.8) is 0 Å². The third-order valence-electron chi connectivity index (χ3n) is 4.65. The summed E-state index contributed by atoms with van der Waals surface area (Å²) in [7, 11) is 0. The van der Waals surface area contributed by atoms with Crippen molar-refractivity contribution in [3.8, 4) is 0 Å². The third kappa shape index (κ3) is 3.67. The maximum absolute atomic E-state index is 13.2. The summed E-state index contributed by atoms with van der Waals surface area (Å²) in [5.74, 6) is -0.248. The van der Waals surface area contributed by atoms with Crippen molar-refractivity contribution in [2.75, 3.05) is 18.0 Å². The molecule has 7 heteroatoms. The van der Waals surface area contributed by atoms with Crippen LogP contribution in [0.1, 0.15) is 18.4 Å². The Hall–Kier alpha value is -2.54. The number of nitrogens with zero attached hydrogens (tertiary/aromatic N) is 3. The molecule has 1 aliphatic heterocycles. The molecule has 1 aliphatic rings. The summed E-state index contributed by atoms with van der Waals surface area (Å²) in [5, 5.41) is 3.89. The van der Waals surface area contributed by atoms with E-state index >= 15 is 0 Å². The molecule has 0 radical (unpaired) electrons. The lowest BCUT2D eigenvalue weighted by molar-refractivity contribution is -0.125. The third-order valence-corrected chi connectivity index (χ3v) is 5.69. The summed E-state index contributed by atoms with van der Waals surface area (Å²) in [6.07, 6.45) is 3.36. The Morgan fingerprint density at radius 1 is 1.27 bits per heavy atom. The van der Waals surface area contributed by atoms with E-state index in [0.29, 0.717) is 6.54 Å². The molecule has 3 aromatic rings. The van der Waals surface area contributed by atoms with Gasteiger partial charge in [0.05, 0.1) is 0 Å². The van der Waals surface area contributed by atoms with Crippen LogP contribution < -0.4 is 10.2 Å². The highest BCUT2D eigenvalue weighted by atomic mass is 32.1. The van der Waals surface area contributed by atoms with E-state index in [1.165, 1.54) is 12.1 Å². The van der Waals surface area contributed by atoms with E-state index in [0.717, 1.165) is 47.0 Å². The lowest BCUT2D eigenvalue weighted by atomic mass is 9.96. The Morgan fingerprint density at radius 3 is 2.88 bits per heavy atom. The number of piperidine rings is 1. The van der Waals surface area contributed by atoms with Crippen LogP contribution in [0, 0.1) is 11.7 Å². The molecule has 134 valence electrons. The molecule has 1 aromatic carbocycles. The van der Waals surface area contributed by atoms with Gasteiger partial charge in [0.15, 0.2) is 5.13 Å². The minimum Gasteiger partial charge on any atom is -0.352 e. The van der Waals surface area contributed by atoms with Gasteiger partial charge < -0.3 is 10.2 Å². The van der Waals surface area contributed by atoms with E-state index in [9.17, 15) is 9.18 Å². The molecule has 1 amide bonds. The Labute approximate surface area is 154 Å². The zero-order chi connectivity index (χ0) is 17.9. The van der Waals surface area contributed by atoms with Gasteiger partial charge >= 0.3 is 0 Å². The molecular weight excluding hydrogens is 351 g/mol. The van der Waals surface area contributed by atoms with Gasteiger partial charge in [-0.15, -0.1) is 0 Å². The van der Waals surface area contributed by atoms with Crippen molar-refractivity contribution >= 4 is 32.7 Å². The standard InChI is InChI=1S/C19H19FN4OS/c20-15-4-1-3-13(11-15)12-22-17(25)14-6-9-24(10-7-14)19-23-16-5-2-8-21-18(16)26-19/h1-5,8,11,14H,6-7,9-10,12H2,(H,22,25). The Kier molecular flexibility index (Phi) is 4.79. The number of carbonyl (C=O) groups is 1. The van der Waals surface area contributed by atoms with Gasteiger partial charge in [-0.3, -0.25) is 4.79 Å². The average molecular weight is 370 g/mol. The maximum Gasteiger partial charge on any atom is 0.223 e. The SMILES string of the molecule is O=C(NCc1cccc(F)c1)C1CCN(c2nc3cccnc3s2)CC1. The number of halogens is 1. The Balaban J connectivity index is 1.32. The Bertz CT molecular complexity index is 888. The first-order chi connectivity index (χ1) is 12.7. The number of benzene rings is 1. The molecule has 26 heavy (non-hydrogen) atoms. The molecule has 0 atom stereocenters. The second kappa shape index (κ2) is 7.37. The van der Waals surface area contributed by atoms with E-state index in [2.05, 4.69) is 20.2 Å². The van der Waals surface area contributed by atoms with Crippen molar-refractivity contribution < 1.29 is 9.18 Å². The van der Waals surface area contributed by atoms with E-state index in [1.54, 1.807) is 23.6 Å². The highest BCUT2D eigenvalue weighted by Crippen LogP contribution is 2.30. The first-order valence-corrected chi connectivity index (χ1v) is 9.49. The summed E-state index contributed by atoms with van der Waals surface area (Å²) in [6.45, 7) is 1.97. The van der Waals surface area contributed by atoms with Gasteiger partial charge in [0.1, 0.15) is 16.2 Å². The number of aromatic nitrogens is 2. The van der Waals surface area contributed by atoms with Gasteiger partial charge in [0, 0.05) is 31.7 Å². The number of rotatable bonds is 4. The van der Waals surface area contributed by atoms with E-state index < -0.39 is 0 Å². The predicted octanol–water partition coefficient (Wildman–Crippen LogP) is 3.36. The number of anilines is 1. The second-order valence-electron chi connectivity index (χ2n) is 6.43. The second-order valence-corrected chi connectivity index (χ2v) is 7.39. The predicted molar refractivity (Wildman–Crippen MR) is 101 cm³/mol. The van der Waals surface area contributed by atoms with Crippen LogP contribution in [0.25, 0.3) is 10.3 Å². The van der Waals surface area contributed by atoms with Gasteiger partial charge in [-0.05, 0) is 42.7 Å². The molecule has 1 N–H and O–H groups in total. The number of hydrogen-bond donors (Lipinski definition) is 1. The topological polar surface area (TPSA) is 58.1 Å². The van der Waals surface area contributed by atoms with E-state index in [4.69, 9.17) is 0 Å². The maximum atomic E-state index is 13.2. The molecule has 0 aliphatic carbocycles. The van der Waals surface area contributed by atoms with Gasteiger partial charge in [-0.25, -0.2) is 14.4 Å². The smallest absolute Gasteiger partial charge is 0.223 e. The molecular formula is C19H19FN4OS. The first-order valence-electron chi connectivity index (χ1n) is 8.68. The monoisotopic (exact) mass is 370 g/mol. The molecule has 1 saturated heterocycles. The van der Waals surface area contributed by atoms with Crippen LogP contribution in [0.2, 0.25) is 0 Å². The van der Waals surface area contributed by atoms with Crippen LogP contribution in [-0.2, 0) is 11.3 Å². The fourth-order valence-corrected chi connectivity index (χ4v) is 4.17. The summed E-state index contributed by atoms with van der Waals surface area (Å²) in [5.41, 5.74) is 1.69. The first kappa shape index (κ1) is 16.9. The summed E-state index contributed by atoms with van der Waals surface area (Å²) < 4.78 is 13.2. The van der Waals surface area contributed by atoms with Crippen LogP contribution in [0.4, 0.5) is 9.52 Å². The average Bonchev–Trinajstić information content (AvgIpc) is 3.10. The highest BCUT2D eigenvalue weighted by molar-refractivity contribution is 7.21. The van der Waals surface area contributed by atoms with Gasteiger partial charge in [0.2, 0.25) is 5.91 Å². The normalized spacial score (nSPS) is 15.3. The van der Waals surface area contributed by atoms with Crippen LogP contribution in [-0.4, -0.2) is 29.0 Å². The van der Waals surface area contributed by atoms with E-state index in [1.807, 2.05) is 18.2 Å². The number of hydrogen-bond acceptors (Lipinski definition) is 5. The number of thiazole rings is 1. The number of carbonyl (C=O) groups excluding carboxylic acids is 1. The molecule has 5 nitrogen and oxygen atoms in total. The van der Waals surface area contributed by atoms with Gasteiger partial charge in [0.25, 0.3) is 0 Å². The molecule has 2 aromatic heterocycles. The molecule has 0 saturated carbocycles. The Morgan fingerprint density at radius 2 is 2.12 bits per heavy atom. The van der Waals surface area contributed by atoms with Crippen LogP contribution >= 0.6 is 11.3 Å². The van der Waals surface area contributed by atoms with E-state index in [-0.39, 0.29) is 17.6 Å². The number of amides is 1. The van der Waals surface area contributed by atoms with Gasteiger partial charge in [-0.1, -0.05) is 23.5 Å². The molecule has 0 bridgehead atoms. The molecule has 3 heterocycles. The summed E-state index contributed by atoms with van der Waals surface area (Å²) in [6, 6.07) is 10.2. The quantitative estimate of drug-likeness (QED) is 0.765. The van der Waals surface area contributed by atoms with Crippen LogP contribution in [0.15, 0.2) is 42.6 Å². The van der Waals surface area contributed by atoms with Crippen molar-refractivity contribution in [1.29, 1.82) is 0 Å². The van der Waals surface area contributed by atoms with Crippen molar-refractivity contribution in [2.24, 2.45) is 5.92 Å². The fourth-order valence-electron chi connectivity index (χ4n) is 3.21.